The molecule has 1 heterocycles. The lowest BCUT2D eigenvalue weighted by Gasteiger charge is -2.37. The monoisotopic (exact) mass is 368 g/mol. The lowest BCUT2D eigenvalue weighted by molar-refractivity contribution is -0.130. The van der Waals surface area contributed by atoms with E-state index < -0.39 is 0 Å². The summed E-state index contributed by atoms with van der Waals surface area (Å²) in [7, 11) is 3.49. The lowest BCUT2D eigenvalue weighted by Crippen LogP contribution is -2.47. The van der Waals surface area contributed by atoms with Crippen LogP contribution in [-0.2, 0) is 11.2 Å². The van der Waals surface area contributed by atoms with Crippen molar-refractivity contribution in [1.29, 1.82) is 0 Å². The predicted octanol–water partition coefficient (Wildman–Crippen LogP) is 3.29. The van der Waals surface area contributed by atoms with Gasteiger partial charge in [-0.1, -0.05) is 24.3 Å². The third kappa shape index (κ3) is 4.35. The molecule has 0 radical (unpaired) electrons. The Morgan fingerprint density at radius 2 is 2.07 bits per heavy atom. The van der Waals surface area contributed by atoms with E-state index in [4.69, 9.17) is 9.47 Å². The van der Waals surface area contributed by atoms with Gasteiger partial charge >= 0.3 is 0 Å². The number of likely N-dealkylation sites (N-methyl/N-ethyl adjacent to an activating group) is 2. The Bertz CT molecular complexity index is 806. The van der Waals surface area contributed by atoms with Crippen molar-refractivity contribution in [1.82, 2.24) is 4.90 Å². The predicted molar refractivity (Wildman–Crippen MR) is 108 cm³/mol. The van der Waals surface area contributed by atoms with Crippen LogP contribution in [0.25, 0.3) is 0 Å². The molecule has 2 aromatic carbocycles. The smallest absolute Gasteiger partial charge is 0.226 e. The van der Waals surface area contributed by atoms with Gasteiger partial charge in [-0.15, -0.1) is 0 Å². The third-order valence-corrected chi connectivity index (χ3v) is 5.04. The van der Waals surface area contributed by atoms with Gasteiger partial charge in [-0.3, -0.25) is 4.79 Å². The Labute approximate surface area is 161 Å². The molecular formula is C22H28N2O3. The summed E-state index contributed by atoms with van der Waals surface area (Å²) in [6, 6.07) is 14.0. The van der Waals surface area contributed by atoms with Crippen LogP contribution in [-0.4, -0.2) is 50.7 Å². The summed E-state index contributed by atoms with van der Waals surface area (Å²) < 4.78 is 11.5. The number of rotatable bonds is 6. The van der Waals surface area contributed by atoms with Gasteiger partial charge in [-0.2, -0.15) is 0 Å². The van der Waals surface area contributed by atoms with E-state index in [0.29, 0.717) is 13.0 Å². The summed E-state index contributed by atoms with van der Waals surface area (Å²) in [5.74, 6) is 1.78. The molecule has 3 rings (SSSR count). The topological polar surface area (TPSA) is 42.0 Å². The first kappa shape index (κ1) is 19.1. The van der Waals surface area contributed by atoms with Crippen LogP contribution in [0, 0.1) is 6.92 Å². The maximum atomic E-state index is 12.7. The summed E-state index contributed by atoms with van der Waals surface area (Å²) in [6.07, 6.45) is 0.315. The van der Waals surface area contributed by atoms with Crippen LogP contribution < -0.4 is 14.4 Å². The number of fused-ring (bicyclic) bond motifs is 1. The van der Waals surface area contributed by atoms with Gasteiger partial charge in [0, 0.05) is 13.6 Å². The molecule has 5 nitrogen and oxygen atoms in total. The standard InChI is InChI=1S/C22H28N2O3/c1-5-24-15-18(27-20-9-7-6-8-19(20)24)14-23(3)22(25)13-17-11-10-16(2)21(12-17)26-4/h6-12,18H,5,13-15H2,1-4H3. The number of para-hydroxylation sites is 2. The van der Waals surface area contributed by atoms with Gasteiger partial charge in [0.05, 0.1) is 32.3 Å². The molecular weight excluding hydrogens is 340 g/mol. The summed E-state index contributed by atoms with van der Waals surface area (Å²) in [6.45, 7) is 6.39. The van der Waals surface area contributed by atoms with E-state index in [9.17, 15) is 4.79 Å². The Balaban J connectivity index is 1.63. The molecule has 0 fully saturated rings. The van der Waals surface area contributed by atoms with Crippen LogP contribution in [0.1, 0.15) is 18.1 Å². The SMILES string of the molecule is CCN1CC(CN(C)C(=O)Cc2ccc(C)c(OC)c2)Oc2ccccc21. The Kier molecular flexibility index (Phi) is 5.89. The summed E-state index contributed by atoms with van der Waals surface area (Å²) in [4.78, 5) is 16.7. The molecule has 0 aliphatic carbocycles. The van der Waals surface area contributed by atoms with E-state index in [1.807, 2.05) is 50.4 Å². The number of amides is 1. The number of benzene rings is 2. The van der Waals surface area contributed by atoms with Crippen molar-refractivity contribution in [2.24, 2.45) is 0 Å². The maximum Gasteiger partial charge on any atom is 0.226 e. The molecule has 0 N–H and O–H groups in total. The highest BCUT2D eigenvalue weighted by Crippen LogP contribution is 2.32. The number of nitrogens with zero attached hydrogens (tertiary/aromatic N) is 2. The molecule has 1 atom stereocenters. The van der Waals surface area contributed by atoms with Gasteiger partial charge in [-0.25, -0.2) is 0 Å². The van der Waals surface area contributed by atoms with Crippen LogP contribution in [0.5, 0.6) is 11.5 Å². The zero-order valence-electron chi connectivity index (χ0n) is 16.6. The first-order chi connectivity index (χ1) is 13.0. The number of anilines is 1. The molecule has 0 saturated carbocycles. The number of methoxy groups -OCH3 is 1. The highest BCUT2D eigenvalue weighted by Gasteiger charge is 2.26. The molecule has 144 valence electrons. The molecule has 0 bridgehead atoms. The number of hydrogen-bond donors (Lipinski definition) is 0. The number of hydrogen-bond acceptors (Lipinski definition) is 4. The second-order valence-electron chi connectivity index (χ2n) is 7.00. The number of aryl methyl sites for hydroxylation is 1. The van der Waals surface area contributed by atoms with Gasteiger partial charge in [0.25, 0.3) is 0 Å². The Hall–Kier alpha value is -2.69. The summed E-state index contributed by atoms with van der Waals surface area (Å²) in [5.41, 5.74) is 3.15. The summed E-state index contributed by atoms with van der Waals surface area (Å²) in [5, 5.41) is 0. The van der Waals surface area contributed by atoms with Gasteiger partial charge in [0.2, 0.25) is 5.91 Å². The maximum absolute atomic E-state index is 12.7. The molecule has 0 saturated heterocycles. The second kappa shape index (κ2) is 8.33. The van der Waals surface area contributed by atoms with E-state index in [-0.39, 0.29) is 12.0 Å². The van der Waals surface area contributed by atoms with Crippen molar-refractivity contribution in [3.63, 3.8) is 0 Å². The molecule has 0 aromatic heterocycles. The van der Waals surface area contributed by atoms with Gasteiger partial charge in [0.1, 0.15) is 17.6 Å². The van der Waals surface area contributed by atoms with Crippen LogP contribution >= 0.6 is 0 Å². The first-order valence-corrected chi connectivity index (χ1v) is 9.40. The molecule has 1 unspecified atom stereocenters. The number of carbonyl (C=O) groups excluding carboxylic acids is 1. The van der Waals surface area contributed by atoms with E-state index in [1.165, 1.54) is 0 Å². The fourth-order valence-corrected chi connectivity index (χ4v) is 3.46. The molecule has 0 spiro atoms. The second-order valence-corrected chi connectivity index (χ2v) is 7.00. The zero-order chi connectivity index (χ0) is 19.4. The van der Waals surface area contributed by atoms with Crippen molar-refractivity contribution in [3.8, 4) is 11.5 Å². The zero-order valence-corrected chi connectivity index (χ0v) is 16.6. The van der Waals surface area contributed by atoms with Crippen LogP contribution in [0.2, 0.25) is 0 Å². The minimum atomic E-state index is -0.0404. The van der Waals surface area contributed by atoms with Crippen molar-refractivity contribution in [3.05, 3.63) is 53.6 Å². The largest absolute Gasteiger partial charge is 0.496 e. The highest BCUT2D eigenvalue weighted by atomic mass is 16.5. The molecule has 1 aliphatic heterocycles. The number of carbonyl (C=O) groups is 1. The van der Waals surface area contributed by atoms with Crippen molar-refractivity contribution < 1.29 is 14.3 Å². The Morgan fingerprint density at radius 1 is 1.30 bits per heavy atom. The van der Waals surface area contributed by atoms with Gasteiger partial charge in [-0.05, 0) is 43.2 Å². The first-order valence-electron chi connectivity index (χ1n) is 9.40. The van der Waals surface area contributed by atoms with Gasteiger partial charge < -0.3 is 19.3 Å². The molecule has 1 aliphatic rings. The van der Waals surface area contributed by atoms with Crippen LogP contribution in [0.3, 0.4) is 0 Å². The average molecular weight is 368 g/mol. The van der Waals surface area contributed by atoms with Crippen molar-refractivity contribution in [2.45, 2.75) is 26.4 Å². The lowest BCUT2D eigenvalue weighted by atomic mass is 10.1. The quantitative estimate of drug-likeness (QED) is 0.785. The fourth-order valence-electron chi connectivity index (χ4n) is 3.46. The van der Waals surface area contributed by atoms with Crippen LogP contribution in [0.4, 0.5) is 5.69 Å². The minimum Gasteiger partial charge on any atom is -0.496 e. The van der Waals surface area contributed by atoms with E-state index in [2.05, 4.69) is 17.9 Å². The van der Waals surface area contributed by atoms with E-state index >= 15 is 0 Å². The molecule has 5 heteroatoms. The summed E-state index contributed by atoms with van der Waals surface area (Å²) >= 11 is 0. The highest BCUT2D eigenvalue weighted by molar-refractivity contribution is 5.78. The van der Waals surface area contributed by atoms with Crippen molar-refractivity contribution >= 4 is 11.6 Å². The van der Waals surface area contributed by atoms with Gasteiger partial charge in [0.15, 0.2) is 0 Å². The van der Waals surface area contributed by atoms with E-state index in [0.717, 1.165) is 41.4 Å². The fraction of sp³-hybridized carbons (Fsp3) is 0.409. The number of ether oxygens (including phenoxy) is 2. The van der Waals surface area contributed by atoms with Crippen molar-refractivity contribution in [2.75, 3.05) is 38.7 Å². The molecule has 2 aromatic rings. The normalized spacial score (nSPS) is 15.7. The minimum absolute atomic E-state index is 0.0404. The molecule has 1 amide bonds. The van der Waals surface area contributed by atoms with Crippen LogP contribution in [0.15, 0.2) is 42.5 Å². The Morgan fingerprint density at radius 3 is 2.81 bits per heavy atom. The van der Waals surface area contributed by atoms with E-state index in [1.54, 1.807) is 12.0 Å². The molecule has 27 heavy (non-hydrogen) atoms. The average Bonchev–Trinajstić information content (AvgIpc) is 2.68. The third-order valence-electron chi connectivity index (χ3n) is 5.04.